The van der Waals surface area contributed by atoms with Crippen molar-refractivity contribution in [3.05, 3.63) is 28.2 Å². The average molecular weight is 337 g/mol. The lowest BCUT2D eigenvalue weighted by Crippen LogP contribution is -2.31. The summed E-state index contributed by atoms with van der Waals surface area (Å²) in [7, 11) is 0. The van der Waals surface area contributed by atoms with E-state index < -0.39 is 11.7 Å². The summed E-state index contributed by atoms with van der Waals surface area (Å²) in [6.45, 7) is 2.70. The Hall–Kier alpha value is -0.750. The molecule has 0 amide bonds. The molecule has 2 N–H and O–H groups in total. The van der Waals surface area contributed by atoms with E-state index in [1.807, 2.05) is 0 Å². The average Bonchev–Trinajstić information content (AvgIpc) is 2.37. The molecule has 0 unspecified atom stereocenters. The molecule has 0 spiro atoms. The van der Waals surface area contributed by atoms with Gasteiger partial charge in [0, 0.05) is 16.7 Å². The molecule has 0 saturated carbocycles. The SMILES string of the molecule is FC(F)(F)c1cc(NCC2CCNCC2)ccc1Br. The van der Waals surface area contributed by atoms with E-state index >= 15 is 0 Å². The van der Waals surface area contributed by atoms with Crippen molar-refractivity contribution in [3.8, 4) is 0 Å². The number of anilines is 1. The molecule has 0 bridgehead atoms. The molecule has 19 heavy (non-hydrogen) atoms. The van der Waals surface area contributed by atoms with Crippen LogP contribution in [0.3, 0.4) is 0 Å². The highest BCUT2D eigenvalue weighted by molar-refractivity contribution is 9.10. The van der Waals surface area contributed by atoms with Gasteiger partial charge in [0.05, 0.1) is 5.56 Å². The van der Waals surface area contributed by atoms with Crippen LogP contribution in [0.4, 0.5) is 18.9 Å². The van der Waals surface area contributed by atoms with E-state index in [0.29, 0.717) is 11.6 Å². The van der Waals surface area contributed by atoms with Crippen molar-refractivity contribution in [1.82, 2.24) is 5.32 Å². The van der Waals surface area contributed by atoms with Crippen molar-refractivity contribution in [2.24, 2.45) is 5.92 Å². The zero-order chi connectivity index (χ0) is 13.9. The third-order valence-electron chi connectivity index (χ3n) is 3.33. The van der Waals surface area contributed by atoms with Crippen molar-refractivity contribution in [1.29, 1.82) is 0 Å². The van der Waals surface area contributed by atoms with Crippen LogP contribution in [0, 0.1) is 5.92 Å². The number of piperidine rings is 1. The van der Waals surface area contributed by atoms with E-state index in [1.54, 1.807) is 6.07 Å². The maximum atomic E-state index is 12.8. The maximum Gasteiger partial charge on any atom is 0.417 e. The summed E-state index contributed by atoms with van der Waals surface area (Å²) in [5.41, 5.74) is -0.114. The number of benzene rings is 1. The summed E-state index contributed by atoms with van der Waals surface area (Å²) < 4.78 is 38.3. The Bertz CT molecular complexity index is 428. The topological polar surface area (TPSA) is 24.1 Å². The van der Waals surface area contributed by atoms with E-state index in [1.165, 1.54) is 6.07 Å². The molecule has 0 atom stereocenters. The molecule has 2 nitrogen and oxygen atoms in total. The van der Waals surface area contributed by atoms with Gasteiger partial charge in [-0.2, -0.15) is 13.2 Å². The first-order valence-corrected chi connectivity index (χ1v) is 7.07. The number of hydrogen-bond acceptors (Lipinski definition) is 2. The predicted molar refractivity (Wildman–Crippen MR) is 73.2 cm³/mol. The molecule has 1 aromatic rings. The zero-order valence-electron chi connectivity index (χ0n) is 10.4. The molecular formula is C13H16BrF3N2. The lowest BCUT2D eigenvalue weighted by atomic mass is 9.98. The Morgan fingerprint density at radius 2 is 1.95 bits per heavy atom. The summed E-state index contributed by atoms with van der Waals surface area (Å²) >= 11 is 2.94. The number of rotatable bonds is 3. The second-order valence-corrected chi connectivity index (χ2v) is 5.62. The monoisotopic (exact) mass is 336 g/mol. The normalized spacial score (nSPS) is 17.5. The largest absolute Gasteiger partial charge is 0.417 e. The van der Waals surface area contributed by atoms with Crippen LogP contribution < -0.4 is 10.6 Å². The van der Waals surface area contributed by atoms with E-state index in [9.17, 15) is 13.2 Å². The van der Waals surface area contributed by atoms with Crippen LogP contribution in [-0.2, 0) is 6.18 Å². The quantitative estimate of drug-likeness (QED) is 0.875. The Labute approximate surface area is 118 Å². The fourth-order valence-electron chi connectivity index (χ4n) is 2.20. The first-order valence-electron chi connectivity index (χ1n) is 6.28. The Morgan fingerprint density at radius 1 is 1.26 bits per heavy atom. The van der Waals surface area contributed by atoms with Crippen molar-refractivity contribution < 1.29 is 13.2 Å². The summed E-state index contributed by atoms with van der Waals surface area (Å²) in [5.74, 6) is 0.527. The molecule has 2 rings (SSSR count). The van der Waals surface area contributed by atoms with Crippen molar-refractivity contribution in [3.63, 3.8) is 0 Å². The Balaban J connectivity index is 2.00. The highest BCUT2D eigenvalue weighted by atomic mass is 79.9. The minimum Gasteiger partial charge on any atom is -0.385 e. The predicted octanol–water partition coefficient (Wildman–Crippen LogP) is 3.88. The van der Waals surface area contributed by atoms with Gasteiger partial charge < -0.3 is 10.6 Å². The van der Waals surface area contributed by atoms with Crippen molar-refractivity contribution in [2.45, 2.75) is 19.0 Å². The van der Waals surface area contributed by atoms with Gasteiger partial charge in [0.2, 0.25) is 0 Å². The first-order chi connectivity index (χ1) is 8.97. The second-order valence-electron chi connectivity index (χ2n) is 4.77. The second kappa shape index (κ2) is 6.13. The number of hydrogen-bond donors (Lipinski definition) is 2. The Kier molecular flexibility index (Phi) is 4.73. The first kappa shape index (κ1) is 14.7. The minimum atomic E-state index is -4.33. The number of halogens is 4. The highest BCUT2D eigenvalue weighted by Gasteiger charge is 2.33. The molecule has 0 radical (unpaired) electrons. The van der Waals surface area contributed by atoms with E-state index in [4.69, 9.17) is 0 Å². The summed E-state index contributed by atoms with van der Waals surface area (Å²) in [6.07, 6.45) is -2.20. The minimum absolute atomic E-state index is 0.0763. The van der Waals surface area contributed by atoms with Crippen LogP contribution in [0.1, 0.15) is 18.4 Å². The van der Waals surface area contributed by atoms with Crippen LogP contribution in [0.15, 0.2) is 22.7 Å². The number of alkyl halides is 3. The smallest absolute Gasteiger partial charge is 0.385 e. The summed E-state index contributed by atoms with van der Waals surface area (Å²) in [4.78, 5) is 0. The van der Waals surface area contributed by atoms with Crippen LogP contribution >= 0.6 is 15.9 Å². The molecular weight excluding hydrogens is 321 g/mol. The van der Waals surface area contributed by atoms with Crippen molar-refractivity contribution >= 4 is 21.6 Å². The molecule has 6 heteroatoms. The number of nitrogens with one attached hydrogen (secondary N) is 2. The molecule has 1 aromatic carbocycles. The van der Waals surface area contributed by atoms with Crippen LogP contribution in [0.2, 0.25) is 0 Å². The molecule has 1 fully saturated rings. The molecule has 0 aliphatic carbocycles. The fraction of sp³-hybridized carbons (Fsp3) is 0.538. The van der Waals surface area contributed by atoms with Gasteiger partial charge in [-0.1, -0.05) is 15.9 Å². The van der Waals surface area contributed by atoms with E-state index in [2.05, 4.69) is 26.6 Å². The van der Waals surface area contributed by atoms with Gasteiger partial charge in [-0.15, -0.1) is 0 Å². The van der Waals surface area contributed by atoms with Crippen LogP contribution in [0.25, 0.3) is 0 Å². The van der Waals surface area contributed by atoms with Gasteiger partial charge in [0.25, 0.3) is 0 Å². The standard InChI is InChI=1S/C13H16BrF3N2/c14-12-2-1-10(7-11(12)13(15,16)17)19-8-9-3-5-18-6-4-9/h1-2,7,9,18-19H,3-6,8H2. The van der Waals surface area contributed by atoms with Crippen LogP contribution in [-0.4, -0.2) is 19.6 Å². The van der Waals surface area contributed by atoms with Gasteiger partial charge in [0.1, 0.15) is 0 Å². The molecule has 1 aliphatic heterocycles. The maximum absolute atomic E-state index is 12.8. The van der Waals surface area contributed by atoms with Gasteiger partial charge in [-0.05, 0) is 50.0 Å². The van der Waals surface area contributed by atoms with Crippen LogP contribution in [0.5, 0.6) is 0 Å². The van der Waals surface area contributed by atoms with E-state index in [-0.39, 0.29) is 4.47 Å². The van der Waals surface area contributed by atoms with Gasteiger partial charge >= 0.3 is 6.18 Å². The summed E-state index contributed by atoms with van der Waals surface area (Å²) in [6, 6.07) is 4.26. The molecule has 1 saturated heterocycles. The lowest BCUT2D eigenvalue weighted by Gasteiger charge is -2.23. The fourth-order valence-corrected chi connectivity index (χ4v) is 2.67. The van der Waals surface area contributed by atoms with Gasteiger partial charge in [-0.3, -0.25) is 0 Å². The summed E-state index contributed by atoms with van der Waals surface area (Å²) in [5, 5.41) is 6.37. The van der Waals surface area contributed by atoms with E-state index in [0.717, 1.165) is 38.5 Å². The molecule has 0 aromatic heterocycles. The molecule has 1 aliphatic rings. The lowest BCUT2D eigenvalue weighted by molar-refractivity contribution is -0.138. The third-order valence-corrected chi connectivity index (χ3v) is 4.02. The van der Waals surface area contributed by atoms with Gasteiger partial charge in [0.15, 0.2) is 0 Å². The van der Waals surface area contributed by atoms with Crippen molar-refractivity contribution in [2.75, 3.05) is 25.0 Å². The highest BCUT2D eigenvalue weighted by Crippen LogP contribution is 2.36. The molecule has 106 valence electrons. The molecule has 1 heterocycles. The zero-order valence-corrected chi connectivity index (χ0v) is 11.9. The van der Waals surface area contributed by atoms with Gasteiger partial charge in [-0.25, -0.2) is 0 Å². The Morgan fingerprint density at radius 3 is 2.58 bits per heavy atom. The third kappa shape index (κ3) is 4.11.